The molecule has 3 rings (SSSR count). The van der Waals surface area contributed by atoms with E-state index in [4.69, 9.17) is 10.5 Å². The number of hydrogen-bond donors (Lipinski definition) is 1. The molecule has 1 saturated carbocycles. The minimum atomic E-state index is -0.0802. The standard InChI is InChI=1S/C18H27NO/c1-16(2)10-12-9-11(7-8-13(12)20-16)14(19)15-17(3,4)18(15,5)6/h7-9,14-15H,10,19H2,1-6H3. The van der Waals surface area contributed by atoms with Crippen molar-refractivity contribution in [1.82, 2.24) is 0 Å². The van der Waals surface area contributed by atoms with E-state index in [2.05, 4.69) is 59.7 Å². The summed E-state index contributed by atoms with van der Waals surface area (Å²) in [6.07, 6.45) is 0.973. The van der Waals surface area contributed by atoms with E-state index in [9.17, 15) is 0 Å². The fourth-order valence-electron chi connectivity index (χ4n) is 4.17. The molecule has 2 N–H and O–H groups in total. The van der Waals surface area contributed by atoms with E-state index in [-0.39, 0.29) is 11.6 Å². The van der Waals surface area contributed by atoms with E-state index in [1.807, 2.05) is 0 Å². The Morgan fingerprint density at radius 1 is 1.10 bits per heavy atom. The summed E-state index contributed by atoms with van der Waals surface area (Å²) >= 11 is 0. The predicted molar refractivity (Wildman–Crippen MR) is 82.8 cm³/mol. The monoisotopic (exact) mass is 273 g/mol. The molecule has 1 fully saturated rings. The van der Waals surface area contributed by atoms with Crippen LogP contribution in [-0.2, 0) is 6.42 Å². The van der Waals surface area contributed by atoms with Crippen LogP contribution >= 0.6 is 0 Å². The van der Waals surface area contributed by atoms with Gasteiger partial charge in [-0.2, -0.15) is 0 Å². The summed E-state index contributed by atoms with van der Waals surface area (Å²) < 4.78 is 5.95. The van der Waals surface area contributed by atoms with Crippen molar-refractivity contribution in [3.05, 3.63) is 29.3 Å². The van der Waals surface area contributed by atoms with Gasteiger partial charge in [0.2, 0.25) is 0 Å². The molecule has 1 aromatic carbocycles. The van der Waals surface area contributed by atoms with Gasteiger partial charge in [-0.3, -0.25) is 0 Å². The van der Waals surface area contributed by atoms with Gasteiger partial charge in [0.25, 0.3) is 0 Å². The normalized spacial score (nSPS) is 26.8. The molecule has 110 valence electrons. The van der Waals surface area contributed by atoms with Gasteiger partial charge in [0.05, 0.1) is 0 Å². The van der Waals surface area contributed by atoms with E-state index in [1.54, 1.807) is 0 Å². The lowest BCUT2D eigenvalue weighted by Gasteiger charge is -2.16. The van der Waals surface area contributed by atoms with Crippen LogP contribution in [0, 0.1) is 16.7 Å². The highest BCUT2D eigenvalue weighted by atomic mass is 16.5. The molecule has 1 aliphatic carbocycles. The fraction of sp³-hybridized carbons (Fsp3) is 0.667. The third-order valence-electron chi connectivity index (χ3n) is 5.96. The second-order valence-corrected chi connectivity index (χ2v) is 8.35. The Morgan fingerprint density at radius 3 is 2.25 bits per heavy atom. The van der Waals surface area contributed by atoms with Gasteiger partial charge < -0.3 is 10.5 Å². The lowest BCUT2D eigenvalue weighted by Crippen LogP contribution is -2.24. The summed E-state index contributed by atoms with van der Waals surface area (Å²) in [5.74, 6) is 1.57. The Balaban J connectivity index is 1.87. The molecule has 1 atom stereocenters. The topological polar surface area (TPSA) is 35.2 Å². The smallest absolute Gasteiger partial charge is 0.123 e. The zero-order valence-corrected chi connectivity index (χ0v) is 13.6. The highest BCUT2D eigenvalue weighted by Gasteiger charge is 2.66. The highest BCUT2D eigenvalue weighted by molar-refractivity contribution is 5.43. The van der Waals surface area contributed by atoms with Crippen molar-refractivity contribution in [3.63, 3.8) is 0 Å². The molecular weight excluding hydrogens is 246 g/mol. The molecule has 1 unspecified atom stereocenters. The third-order valence-corrected chi connectivity index (χ3v) is 5.96. The quantitative estimate of drug-likeness (QED) is 0.881. The predicted octanol–water partition coefficient (Wildman–Crippen LogP) is 4.08. The largest absolute Gasteiger partial charge is 0.487 e. The van der Waals surface area contributed by atoms with Gasteiger partial charge in [-0.15, -0.1) is 0 Å². The summed E-state index contributed by atoms with van der Waals surface area (Å²) in [7, 11) is 0. The molecule has 1 aliphatic heterocycles. The van der Waals surface area contributed by atoms with Crippen LogP contribution in [0.3, 0.4) is 0 Å². The number of hydrogen-bond acceptors (Lipinski definition) is 2. The number of fused-ring (bicyclic) bond motifs is 1. The van der Waals surface area contributed by atoms with Crippen LogP contribution in [0.2, 0.25) is 0 Å². The van der Waals surface area contributed by atoms with Crippen LogP contribution in [-0.4, -0.2) is 5.60 Å². The van der Waals surface area contributed by atoms with Gasteiger partial charge in [0.1, 0.15) is 11.4 Å². The summed E-state index contributed by atoms with van der Waals surface area (Å²) in [4.78, 5) is 0. The van der Waals surface area contributed by atoms with Crippen molar-refractivity contribution in [2.24, 2.45) is 22.5 Å². The molecule has 1 heterocycles. The minimum Gasteiger partial charge on any atom is -0.487 e. The van der Waals surface area contributed by atoms with Crippen molar-refractivity contribution in [2.45, 2.75) is 59.6 Å². The van der Waals surface area contributed by atoms with Gasteiger partial charge in [0, 0.05) is 12.5 Å². The van der Waals surface area contributed by atoms with Gasteiger partial charge in [0.15, 0.2) is 0 Å². The molecule has 0 saturated heterocycles. The molecule has 0 radical (unpaired) electrons. The number of nitrogens with two attached hydrogens (primary N) is 1. The summed E-state index contributed by atoms with van der Waals surface area (Å²) in [5.41, 5.74) is 9.70. The Hall–Kier alpha value is -1.02. The summed E-state index contributed by atoms with van der Waals surface area (Å²) in [6, 6.07) is 6.63. The maximum absolute atomic E-state index is 6.57. The number of ether oxygens (including phenoxy) is 1. The maximum atomic E-state index is 6.57. The first-order valence-electron chi connectivity index (χ1n) is 7.64. The summed E-state index contributed by atoms with van der Waals surface area (Å²) in [5, 5.41) is 0. The second kappa shape index (κ2) is 3.79. The zero-order valence-electron chi connectivity index (χ0n) is 13.6. The van der Waals surface area contributed by atoms with Crippen LogP contribution in [0.4, 0.5) is 0 Å². The molecule has 2 aliphatic rings. The highest BCUT2D eigenvalue weighted by Crippen LogP contribution is 2.71. The van der Waals surface area contributed by atoms with Crippen molar-refractivity contribution in [1.29, 1.82) is 0 Å². The maximum Gasteiger partial charge on any atom is 0.123 e. The Morgan fingerprint density at radius 2 is 1.70 bits per heavy atom. The first-order chi connectivity index (χ1) is 9.06. The molecular formula is C18H27NO. The first-order valence-corrected chi connectivity index (χ1v) is 7.64. The van der Waals surface area contributed by atoms with E-state index in [0.29, 0.717) is 16.7 Å². The van der Waals surface area contributed by atoms with Crippen molar-refractivity contribution in [3.8, 4) is 5.75 Å². The van der Waals surface area contributed by atoms with Crippen LogP contribution in [0.1, 0.15) is 58.7 Å². The van der Waals surface area contributed by atoms with E-state index < -0.39 is 0 Å². The summed E-state index contributed by atoms with van der Waals surface area (Å²) in [6.45, 7) is 13.6. The van der Waals surface area contributed by atoms with E-state index in [1.165, 1.54) is 11.1 Å². The van der Waals surface area contributed by atoms with Gasteiger partial charge in [-0.25, -0.2) is 0 Å². The van der Waals surface area contributed by atoms with Gasteiger partial charge in [-0.05, 0) is 47.8 Å². The molecule has 1 aromatic rings. The number of rotatable bonds is 2. The van der Waals surface area contributed by atoms with E-state index in [0.717, 1.165) is 12.2 Å². The van der Waals surface area contributed by atoms with Crippen LogP contribution in [0.25, 0.3) is 0 Å². The molecule has 0 aromatic heterocycles. The van der Waals surface area contributed by atoms with E-state index >= 15 is 0 Å². The van der Waals surface area contributed by atoms with Crippen molar-refractivity contribution < 1.29 is 4.74 Å². The fourth-order valence-corrected chi connectivity index (χ4v) is 4.17. The third kappa shape index (κ3) is 1.81. The molecule has 2 heteroatoms. The second-order valence-electron chi connectivity index (χ2n) is 8.35. The number of benzene rings is 1. The lowest BCUT2D eigenvalue weighted by molar-refractivity contribution is 0.138. The van der Waals surface area contributed by atoms with Crippen molar-refractivity contribution in [2.75, 3.05) is 0 Å². The average molecular weight is 273 g/mol. The lowest BCUT2D eigenvalue weighted by atomic mass is 9.94. The molecule has 0 amide bonds. The average Bonchev–Trinajstić information content (AvgIpc) is 2.59. The van der Waals surface area contributed by atoms with Crippen LogP contribution in [0.5, 0.6) is 5.75 Å². The SMILES string of the molecule is CC1(C)Cc2cc(C(N)C3C(C)(C)C3(C)C)ccc2O1. The zero-order chi connectivity index (χ0) is 14.9. The molecule has 2 nitrogen and oxygen atoms in total. The molecule has 0 bridgehead atoms. The van der Waals surface area contributed by atoms with Gasteiger partial charge in [-0.1, -0.05) is 39.8 Å². The Bertz CT molecular complexity index is 543. The first kappa shape index (κ1) is 13.9. The van der Waals surface area contributed by atoms with Gasteiger partial charge >= 0.3 is 0 Å². The molecule has 20 heavy (non-hydrogen) atoms. The Labute approximate surface area is 122 Å². The van der Waals surface area contributed by atoms with Crippen LogP contribution in [0.15, 0.2) is 18.2 Å². The van der Waals surface area contributed by atoms with Crippen LogP contribution < -0.4 is 10.5 Å². The molecule has 0 spiro atoms. The van der Waals surface area contributed by atoms with Crippen molar-refractivity contribution >= 4 is 0 Å². The Kier molecular flexibility index (Phi) is 2.64. The minimum absolute atomic E-state index is 0.0802.